The molecule has 3 aromatic carbocycles. The number of benzene rings is 3. The Bertz CT molecular complexity index is 1110. The number of nitro benzene ring substituents is 1. The van der Waals surface area contributed by atoms with E-state index in [1.165, 1.54) is 5.56 Å². The number of fused-ring (bicyclic) bond motifs is 3. The number of para-hydroxylation sites is 1. The molecule has 0 aromatic heterocycles. The van der Waals surface area contributed by atoms with Crippen LogP contribution in [0.4, 0.5) is 11.4 Å². The summed E-state index contributed by atoms with van der Waals surface area (Å²) < 4.78 is 6.03. The van der Waals surface area contributed by atoms with Crippen LogP contribution < -0.4 is 10.1 Å². The fraction of sp³-hybridized carbons (Fsp3) is 0.200. The highest BCUT2D eigenvalue weighted by molar-refractivity contribution is 5.63. The molecule has 3 atom stereocenters. The van der Waals surface area contributed by atoms with E-state index in [4.69, 9.17) is 4.74 Å². The van der Waals surface area contributed by atoms with E-state index in [2.05, 4.69) is 23.5 Å². The van der Waals surface area contributed by atoms with E-state index in [0.717, 1.165) is 29.0 Å². The van der Waals surface area contributed by atoms with Crippen LogP contribution in [0.25, 0.3) is 0 Å². The highest BCUT2D eigenvalue weighted by Gasteiger charge is 2.40. The second-order valence-corrected chi connectivity index (χ2v) is 7.81. The Morgan fingerprint density at radius 1 is 1.00 bits per heavy atom. The molecule has 1 aliphatic heterocycles. The van der Waals surface area contributed by atoms with Crippen LogP contribution in [0.15, 0.2) is 84.9 Å². The van der Waals surface area contributed by atoms with E-state index in [0.29, 0.717) is 6.61 Å². The maximum Gasteiger partial charge on any atom is 0.274 e. The van der Waals surface area contributed by atoms with Crippen LogP contribution in [0.1, 0.15) is 35.1 Å². The molecule has 0 radical (unpaired) electrons. The third kappa shape index (κ3) is 3.32. The summed E-state index contributed by atoms with van der Waals surface area (Å²) in [6.45, 7) is 0.524. The monoisotopic (exact) mass is 398 g/mol. The molecule has 0 saturated carbocycles. The van der Waals surface area contributed by atoms with Crippen LogP contribution >= 0.6 is 0 Å². The second-order valence-electron chi connectivity index (χ2n) is 7.81. The molecule has 1 heterocycles. The van der Waals surface area contributed by atoms with Gasteiger partial charge in [-0.15, -0.1) is 0 Å². The smallest absolute Gasteiger partial charge is 0.274 e. The predicted octanol–water partition coefficient (Wildman–Crippen LogP) is 6.00. The van der Waals surface area contributed by atoms with Crippen LogP contribution in [0.5, 0.6) is 5.75 Å². The summed E-state index contributed by atoms with van der Waals surface area (Å²) in [5.41, 5.74) is 4.25. The van der Waals surface area contributed by atoms with Crippen molar-refractivity contribution in [2.45, 2.75) is 25.0 Å². The van der Waals surface area contributed by atoms with Crippen molar-refractivity contribution in [1.29, 1.82) is 0 Å². The predicted molar refractivity (Wildman–Crippen MR) is 117 cm³/mol. The fourth-order valence-electron chi connectivity index (χ4n) is 4.63. The van der Waals surface area contributed by atoms with Crippen molar-refractivity contribution in [2.24, 2.45) is 5.92 Å². The second kappa shape index (κ2) is 7.67. The quantitative estimate of drug-likeness (QED) is 0.325. The van der Waals surface area contributed by atoms with Crippen molar-refractivity contribution in [3.05, 3.63) is 112 Å². The number of anilines is 1. The minimum atomic E-state index is -0.287. The van der Waals surface area contributed by atoms with Gasteiger partial charge in [0.1, 0.15) is 12.4 Å². The summed E-state index contributed by atoms with van der Waals surface area (Å²) >= 11 is 0. The van der Waals surface area contributed by atoms with Gasteiger partial charge in [0.2, 0.25) is 0 Å². The molecule has 5 heteroatoms. The van der Waals surface area contributed by atoms with E-state index < -0.39 is 0 Å². The first-order valence-corrected chi connectivity index (χ1v) is 10.2. The maximum absolute atomic E-state index is 11.6. The fourth-order valence-corrected chi connectivity index (χ4v) is 4.63. The maximum atomic E-state index is 11.6. The molecule has 0 fully saturated rings. The number of ether oxygens (including phenoxy) is 1. The zero-order chi connectivity index (χ0) is 20.5. The van der Waals surface area contributed by atoms with E-state index in [-0.39, 0.29) is 28.5 Å². The molecule has 5 nitrogen and oxygen atoms in total. The first kappa shape index (κ1) is 18.4. The van der Waals surface area contributed by atoms with Crippen LogP contribution in [0.3, 0.4) is 0 Å². The normalized spacial score (nSPS) is 21.4. The summed E-state index contributed by atoms with van der Waals surface area (Å²) in [5.74, 6) is 1.29. The standard InChI is InChI=1S/C25H22N2O3/c28-27(29)24-12-5-4-9-21(24)25-20-11-6-10-19(20)22-15-18(13-14-23(22)26-25)30-16-17-7-2-1-3-8-17/h1-10,12-15,19-20,25-26H,11,16H2. The molecule has 30 heavy (non-hydrogen) atoms. The van der Waals surface area contributed by atoms with Gasteiger partial charge in [-0.05, 0) is 41.7 Å². The Labute approximate surface area is 175 Å². The summed E-state index contributed by atoms with van der Waals surface area (Å²) in [6.07, 6.45) is 5.31. The average Bonchev–Trinajstić information content (AvgIpc) is 3.28. The molecule has 1 aliphatic carbocycles. The van der Waals surface area contributed by atoms with E-state index in [1.54, 1.807) is 12.1 Å². The lowest BCUT2D eigenvalue weighted by atomic mass is 9.76. The van der Waals surface area contributed by atoms with Crippen LogP contribution in [0, 0.1) is 16.0 Å². The van der Waals surface area contributed by atoms with Crippen molar-refractivity contribution >= 4 is 11.4 Å². The van der Waals surface area contributed by atoms with Crippen LogP contribution in [0.2, 0.25) is 0 Å². The van der Waals surface area contributed by atoms with Crippen molar-refractivity contribution in [3.8, 4) is 5.75 Å². The van der Waals surface area contributed by atoms with E-state index in [9.17, 15) is 10.1 Å². The molecule has 1 N–H and O–H groups in total. The zero-order valence-corrected chi connectivity index (χ0v) is 16.4. The number of hydrogen-bond donors (Lipinski definition) is 1. The number of allylic oxidation sites excluding steroid dienone is 2. The largest absolute Gasteiger partial charge is 0.489 e. The third-order valence-electron chi connectivity index (χ3n) is 6.05. The van der Waals surface area contributed by atoms with Crippen LogP contribution in [-0.2, 0) is 6.61 Å². The molecule has 3 aromatic rings. The molecule has 0 spiro atoms. The molecule has 0 bridgehead atoms. The lowest BCUT2D eigenvalue weighted by Crippen LogP contribution is -2.29. The summed E-state index contributed by atoms with van der Waals surface area (Å²) in [7, 11) is 0. The number of rotatable bonds is 5. The number of nitrogens with zero attached hydrogens (tertiary/aromatic N) is 1. The van der Waals surface area contributed by atoms with E-state index in [1.807, 2.05) is 54.6 Å². The summed E-state index contributed by atoms with van der Waals surface area (Å²) in [4.78, 5) is 11.3. The molecular weight excluding hydrogens is 376 g/mol. The Hall–Kier alpha value is -3.60. The first-order chi connectivity index (χ1) is 14.7. The van der Waals surface area contributed by atoms with Gasteiger partial charge >= 0.3 is 0 Å². The summed E-state index contributed by atoms with van der Waals surface area (Å²) in [5, 5.41) is 15.2. The van der Waals surface area contributed by atoms with Gasteiger partial charge in [0.05, 0.1) is 16.5 Å². The van der Waals surface area contributed by atoms with Crippen molar-refractivity contribution < 1.29 is 9.66 Å². The van der Waals surface area contributed by atoms with Crippen LogP contribution in [-0.4, -0.2) is 4.92 Å². The minimum absolute atomic E-state index is 0.102. The van der Waals surface area contributed by atoms with Crippen molar-refractivity contribution in [3.63, 3.8) is 0 Å². The Kier molecular flexibility index (Phi) is 4.71. The lowest BCUT2D eigenvalue weighted by Gasteiger charge is -2.37. The Morgan fingerprint density at radius 2 is 1.80 bits per heavy atom. The van der Waals surface area contributed by atoms with Gasteiger partial charge in [-0.1, -0.05) is 60.7 Å². The zero-order valence-electron chi connectivity index (χ0n) is 16.4. The Balaban J connectivity index is 1.45. The molecule has 0 saturated heterocycles. The molecule has 5 rings (SSSR count). The first-order valence-electron chi connectivity index (χ1n) is 10.2. The Morgan fingerprint density at radius 3 is 2.63 bits per heavy atom. The van der Waals surface area contributed by atoms with Gasteiger partial charge in [-0.25, -0.2) is 0 Å². The van der Waals surface area contributed by atoms with E-state index >= 15 is 0 Å². The van der Waals surface area contributed by atoms with Gasteiger partial charge in [-0.3, -0.25) is 10.1 Å². The van der Waals surface area contributed by atoms with Gasteiger partial charge in [0.15, 0.2) is 0 Å². The number of nitrogens with one attached hydrogen (secondary N) is 1. The molecule has 0 amide bonds. The number of nitro groups is 1. The highest BCUT2D eigenvalue weighted by Crippen LogP contribution is 2.51. The van der Waals surface area contributed by atoms with Gasteiger partial charge in [0, 0.05) is 17.7 Å². The minimum Gasteiger partial charge on any atom is -0.489 e. The SMILES string of the molecule is O=[N+]([O-])c1ccccc1C1Nc2ccc(OCc3ccccc3)cc2C2C=CCC21. The van der Waals surface area contributed by atoms with Crippen molar-refractivity contribution in [2.75, 3.05) is 5.32 Å². The molecule has 150 valence electrons. The molecule has 3 unspecified atom stereocenters. The topological polar surface area (TPSA) is 64.4 Å². The number of hydrogen-bond acceptors (Lipinski definition) is 4. The van der Waals surface area contributed by atoms with Gasteiger partial charge in [-0.2, -0.15) is 0 Å². The third-order valence-corrected chi connectivity index (χ3v) is 6.05. The lowest BCUT2D eigenvalue weighted by molar-refractivity contribution is -0.385. The van der Waals surface area contributed by atoms with Gasteiger partial charge < -0.3 is 10.1 Å². The van der Waals surface area contributed by atoms with Gasteiger partial charge in [0.25, 0.3) is 5.69 Å². The molecule has 2 aliphatic rings. The van der Waals surface area contributed by atoms with Crippen molar-refractivity contribution in [1.82, 2.24) is 0 Å². The summed E-state index contributed by atoms with van der Waals surface area (Å²) in [6, 6.07) is 23.1. The highest BCUT2D eigenvalue weighted by atomic mass is 16.6. The average molecular weight is 398 g/mol. The molecular formula is C25H22N2O3.